The van der Waals surface area contributed by atoms with Crippen LogP contribution in [0.2, 0.25) is 0 Å². The fourth-order valence-corrected chi connectivity index (χ4v) is 0.697. The molecule has 0 radical (unpaired) electrons. The molecule has 0 unspecified atom stereocenters. The molecule has 0 amide bonds. The van der Waals surface area contributed by atoms with Gasteiger partial charge in [0.1, 0.15) is 6.61 Å². The first-order chi connectivity index (χ1) is 4.74. The van der Waals surface area contributed by atoms with Crippen LogP contribution in [0.4, 0.5) is 0 Å². The Bertz CT molecular complexity index is 220. The quantitative estimate of drug-likeness (QED) is 0.648. The lowest BCUT2D eigenvalue weighted by atomic mass is 10.6. The molecule has 0 saturated heterocycles. The van der Waals surface area contributed by atoms with Crippen LogP contribution >= 0.6 is 0 Å². The highest BCUT2D eigenvalue weighted by molar-refractivity contribution is 5.02. The zero-order valence-corrected chi connectivity index (χ0v) is 6.03. The summed E-state index contributed by atoms with van der Waals surface area (Å²) in [6, 6.07) is -0.0978. The summed E-state index contributed by atoms with van der Waals surface area (Å²) in [4.78, 5) is 8.68. The average molecular weight is 142 g/mol. The monoisotopic (exact) mass is 142 g/mol. The molecule has 0 saturated carbocycles. The van der Waals surface area contributed by atoms with Gasteiger partial charge in [0.05, 0.1) is 11.9 Å². The number of aryl methyl sites for hydroxylation is 1. The van der Waals surface area contributed by atoms with Gasteiger partial charge < -0.3 is 9.94 Å². The van der Waals surface area contributed by atoms with E-state index < -0.39 is 0 Å². The Morgan fingerprint density at radius 2 is 2.50 bits per heavy atom. The molecule has 0 spiro atoms. The Hall–Kier alpha value is -1.19. The van der Waals surface area contributed by atoms with Crippen molar-refractivity contribution in [3.63, 3.8) is 0 Å². The molecular formula is C6H10N2O2. The van der Waals surface area contributed by atoms with E-state index in [1.807, 2.05) is 6.92 Å². The van der Waals surface area contributed by atoms with E-state index in [2.05, 4.69) is 4.98 Å². The van der Waals surface area contributed by atoms with Gasteiger partial charge in [0, 0.05) is 0 Å². The van der Waals surface area contributed by atoms with Gasteiger partial charge in [0.15, 0.2) is 0 Å². The molecule has 4 heteroatoms. The van der Waals surface area contributed by atoms with Crippen molar-refractivity contribution in [1.29, 1.82) is 0 Å². The van der Waals surface area contributed by atoms with E-state index in [0.29, 0.717) is 6.61 Å². The minimum absolute atomic E-state index is 0.0978. The highest BCUT2D eigenvalue weighted by Gasteiger charge is 2.01. The summed E-state index contributed by atoms with van der Waals surface area (Å²) in [5.74, 6) is 0. The Balaban J connectivity index is 2.81. The SMILES string of the molecule is CCOn1cc(C)nc1O. The summed E-state index contributed by atoms with van der Waals surface area (Å²) in [5, 5.41) is 8.99. The molecule has 10 heavy (non-hydrogen) atoms. The van der Waals surface area contributed by atoms with Gasteiger partial charge in [0.2, 0.25) is 0 Å². The van der Waals surface area contributed by atoms with Crippen molar-refractivity contribution in [2.45, 2.75) is 13.8 Å². The van der Waals surface area contributed by atoms with E-state index in [9.17, 15) is 0 Å². The molecular weight excluding hydrogens is 132 g/mol. The molecule has 1 rings (SSSR count). The lowest BCUT2D eigenvalue weighted by Crippen LogP contribution is -2.08. The van der Waals surface area contributed by atoms with Crippen LogP contribution in [0, 0.1) is 6.92 Å². The number of nitrogens with zero attached hydrogens (tertiary/aromatic N) is 2. The van der Waals surface area contributed by atoms with E-state index in [4.69, 9.17) is 9.94 Å². The lowest BCUT2D eigenvalue weighted by molar-refractivity contribution is 0.0995. The molecule has 1 aromatic heterocycles. The van der Waals surface area contributed by atoms with Gasteiger partial charge in [-0.25, -0.2) is 0 Å². The van der Waals surface area contributed by atoms with Crippen molar-refractivity contribution >= 4 is 0 Å². The molecule has 0 aromatic carbocycles. The maximum Gasteiger partial charge on any atom is 0.328 e. The maximum absolute atomic E-state index is 8.99. The summed E-state index contributed by atoms with van der Waals surface area (Å²) in [7, 11) is 0. The van der Waals surface area contributed by atoms with Crippen molar-refractivity contribution < 1.29 is 9.94 Å². The van der Waals surface area contributed by atoms with Gasteiger partial charge in [-0.3, -0.25) is 0 Å². The van der Waals surface area contributed by atoms with E-state index >= 15 is 0 Å². The van der Waals surface area contributed by atoms with Crippen molar-refractivity contribution in [2.24, 2.45) is 0 Å². The van der Waals surface area contributed by atoms with Gasteiger partial charge in [-0.05, 0) is 13.8 Å². The first-order valence-corrected chi connectivity index (χ1v) is 3.12. The smallest absolute Gasteiger partial charge is 0.328 e. The second-order valence-corrected chi connectivity index (χ2v) is 1.93. The first-order valence-electron chi connectivity index (χ1n) is 3.12. The van der Waals surface area contributed by atoms with E-state index in [1.165, 1.54) is 4.73 Å². The van der Waals surface area contributed by atoms with Crippen molar-refractivity contribution in [3.05, 3.63) is 11.9 Å². The highest BCUT2D eigenvalue weighted by atomic mass is 16.7. The molecule has 4 nitrogen and oxygen atoms in total. The van der Waals surface area contributed by atoms with Gasteiger partial charge in [-0.2, -0.15) is 4.98 Å². The standard InChI is InChI=1S/C6H10N2O2/c1-3-10-8-4-5(2)7-6(8)9/h4H,3H2,1-2H3,(H,7,9). The van der Waals surface area contributed by atoms with Crippen LogP contribution in [0.1, 0.15) is 12.6 Å². The van der Waals surface area contributed by atoms with E-state index in [0.717, 1.165) is 5.69 Å². The summed E-state index contributed by atoms with van der Waals surface area (Å²) >= 11 is 0. The first kappa shape index (κ1) is 6.92. The number of hydrogen-bond donors (Lipinski definition) is 1. The average Bonchev–Trinajstić information content (AvgIpc) is 2.13. The van der Waals surface area contributed by atoms with Gasteiger partial charge in [-0.15, -0.1) is 4.73 Å². The van der Waals surface area contributed by atoms with Crippen LogP contribution in [0.5, 0.6) is 6.01 Å². The molecule has 1 heterocycles. The fraction of sp³-hybridized carbons (Fsp3) is 0.500. The van der Waals surface area contributed by atoms with Crippen LogP contribution < -0.4 is 4.84 Å². The van der Waals surface area contributed by atoms with E-state index in [-0.39, 0.29) is 6.01 Å². The molecule has 0 aliphatic heterocycles. The van der Waals surface area contributed by atoms with Crippen molar-refractivity contribution in [3.8, 4) is 6.01 Å². The van der Waals surface area contributed by atoms with E-state index in [1.54, 1.807) is 13.1 Å². The molecule has 0 aliphatic rings. The fourth-order valence-electron chi connectivity index (χ4n) is 0.697. The summed E-state index contributed by atoms with van der Waals surface area (Å²) < 4.78 is 1.25. The molecule has 56 valence electrons. The van der Waals surface area contributed by atoms with Crippen LogP contribution in [-0.4, -0.2) is 21.4 Å². The molecule has 1 N–H and O–H groups in total. The predicted octanol–water partition coefficient (Wildman–Crippen LogP) is 0.346. The Morgan fingerprint density at radius 1 is 1.80 bits per heavy atom. The molecule has 0 bridgehead atoms. The van der Waals surface area contributed by atoms with Gasteiger partial charge >= 0.3 is 6.01 Å². The third-order valence-corrected chi connectivity index (χ3v) is 1.05. The van der Waals surface area contributed by atoms with Gasteiger partial charge in [-0.1, -0.05) is 0 Å². The number of imidazole rings is 1. The number of hydrogen-bond acceptors (Lipinski definition) is 3. The normalized spacial score (nSPS) is 9.80. The third kappa shape index (κ3) is 1.21. The zero-order chi connectivity index (χ0) is 7.56. The number of aromatic nitrogens is 2. The second-order valence-electron chi connectivity index (χ2n) is 1.93. The maximum atomic E-state index is 8.99. The predicted molar refractivity (Wildman–Crippen MR) is 35.7 cm³/mol. The third-order valence-electron chi connectivity index (χ3n) is 1.05. The Labute approximate surface area is 59.0 Å². The molecule has 0 fully saturated rings. The highest BCUT2D eigenvalue weighted by Crippen LogP contribution is 2.05. The van der Waals surface area contributed by atoms with Crippen molar-refractivity contribution in [2.75, 3.05) is 6.61 Å². The van der Waals surface area contributed by atoms with Crippen LogP contribution in [0.25, 0.3) is 0 Å². The Kier molecular flexibility index (Phi) is 1.80. The molecule has 0 atom stereocenters. The van der Waals surface area contributed by atoms with Crippen LogP contribution in [0.15, 0.2) is 6.20 Å². The zero-order valence-electron chi connectivity index (χ0n) is 6.03. The van der Waals surface area contributed by atoms with Gasteiger partial charge in [0.25, 0.3) is 0 Å². The summed E-state index contributed by atoms with van der Waals surface area (Å²) in [5.41, 5.74) is 0.742. The van der Waals surface area contributed by atoms with Crippen LogP contribution in [0.3, 0.4) is 0 Å². The topological polar surface area (TPSA) is 47.3 Å². The second kappa shape index (κ2) is 2.60. The number of rotatable bonds is 2. The summed E-state index contributed by atoms with van der Waals surface area (Å²) in [6.07, 6.45) is 1.62. The Morgan fingerprint density at radius 3 is 2.90 bits per heavy atom. The largest absolute Gasteiger partial charge is 0.478 e. The molecule has 1 aromatic rings. The minimum atomic E-state index is -0.0978. The van der Waals surface area contributed by atoms with Crippen LogP contribution in [-0.2, 0) is 0 Å². The lowest BCUT2D eigenvalue weighted by Gasteiger charge is -2.00. The van der Waals surface area contributed by atoms with Crippen molar-refractivity contribution in [1.82, 2.24) is 9.71 Å². The summed E-state index contributed by atoms with van der Waals surface area (Å²) in [6.45, 7) is 4.15. The molecule has 0 aliphatic carbocycles. The number of aromatic hydroxyl groups is 1. The minimum Gasteiger partial charge on any atom is -0.478 e.